The predicted octanol–water partition coefficient (Wildman–Crippen LogP) is -1.33. The van der Waals surface area contributed by atoms with Crippen LogP contribution in [0.2, 0.25) is 0 Å². The highest BCUT2D eigenvalue weighted by atomic mass is 79.9. The molecule has 6 N–H and O–H groups in total. The minimum absolute atomic E-state index is 0. The lowest BCUT2D eigenvalue weighted by Crippen LogP contribution is -3.00. The van der Waals surface area contributed by atoms with E-state index in [1.54, 1.807) is 36.4 Å². The number of carbonyl (C=O) groups is 2. The molecule has 49 heavy (non-hydrogen) atoms. The standard InChI is InChI=1S/3C9H13NO2.2C3H7NO2.BrH/c3*1-10(2,3)7-4-8(11)6-9(12)5-7;2*1-4(2)3(5)6;/h3*4-6H,1-3H3,(H-,11,12);2*1-2H3,(H,5,6);1H. The predicted molar refractivity (Wildman–Crippen MR) is 186 cm³/mol. The first-order chi connectivity index (χ1) is 21.5. The highest BCUT2D eigenvalue weighted by Gasteiger charge is 2.15. The molecule has 0 heterocycles. The molecular weight excluding hydrogens is 706 g/mol. The number of phenols is 6. The third-order valence-electron chi connectivity index (χ3n) is 5.72. The summed E-state index contributed by atoms with van der Waals surface area (Å²) in [6.45, 7) is 0. The Kier molecular flexibility index (Phi) is 20.6. The van der Waals surface area contributed by atoms with Crippen LogP contribution in [0.15, 0.2) is 54.6 Å². The van der Waals surface area contributed by atoms with E-state index in [2.05, 4.69) is 0 Å². The fourth-order valence-electron chi connectivity index (χ4n) is 2.90. The van der Waals surface area contributed by atoms with E-state index >= 15 is 0 Å². The van der Waals surface area contributed by atoms with Crippen LogP contribution in [0, 0.1) is 0 Å². The highest BCUT2D eigenvalue weighted by Crippen LogP contribution is 2.29. The Labute approximate surface area is 300 Å². The van der Waals surface area contributed by atoms with Crippen molar-refractivity contribution in [1.82, 2.24) is 23.2 Å². The molecule has 0 bridgehead atoms. The Morgan fingerprint density at radius 2 is 0.551 bits per heavy atom. The molecule has 0 aliphatic rings. The van der Waals surface area contributed by atoms with Gasteiger partial charge in [0.25, 0.3) is 0 Å². The summed E-state index contributed by atoms with van der Waals surface area (Å²) in [5.41, 5.74) is 2.60. The molecule has 0 saturated carbocycles. The summed E-state index contributed by atoms with van der Waals surface area (Å²) in [4.78, 5) is 21.0. The van der Waals surface area contributed by atoms with Gasteiger partial charge in [-0.25, -0.2) is 0 Å². The molecule has 0 aliphatic heterocycles. The van der Waals surface area contributed by atoms with Crippen molar-refractivity contribution in [2.75, 3.05) is 91.6 Å². The van der Waals surface area contributed by atoms with Crippen molar-refractivity contribution >= 4 is 29.2 Å². The number of carboxylic acid groups (broad SMARTS) is 2. The maximum Gasteiger partial charge on any atom is 0.139 e. The molecule has 2 amide bonds. The molecule has 3 aromatic rings. The van der Waals surface area contributed by atoms with Crippen molar-refractivity contribution in [3.63, 3.8) is 0 Å². The first-order valence-corrected chi connectivity index (χ1v) is 14.3. The number of amides is 2. The molecule has 3 rings (SSSR count). The van der Waals surface area contributed by atoms with E-state index in [9.17, 15) is 50.4 Å². The number of halogens is 1. The fraction of sp³-hybridized carbons (Fsp3) is 0.394. The lowest BCUT2D eigenvalue weighted by molar-refractivity contribution is -0.263. The number of carbonyl (C=O) groups excluding carboxylic acids is 2. The van der Waals surface area contributed by atoms with E-state index in [4.69, 9.17) is 0 Å². The molecule has 0 fully saturated rings. The lowest BCUT2D eigenvalue weighted by Gasteiger charge is -2.23. The van der Waals surface area contributed by atoms with E-state index in [0.717, 1.165) is 26.9 Å². The topological polar surface area (TPSA) is 208 Å². The van der Waals surface area contributed by atoms with Crippen LogP contribution in [-0.2, 0) is 0 Å². The molecule has 0 saturated heterocycles. The summed E-state index contributed by atoms with van der Waals surface area (Å²) in [6, 6.07) is 13.8. The van der Waals surface area contributed by atoms with Crippen LogP contribution in [0.4, 0.5) is 26.7 Å². The Hall–Kier alpha value is -4.64. The number of quaternary nitrogens is 3. The van der Waals surface area contributed by atoms with Crippen LogP contribution in [0.1, 0.15) is 0 Å². The van der Waals surface area contributed by atoms with Gasteiger partial charge in [-0.15, -0.1) is 0 Å². The normalized spacial score (nSPS) is 10.4. The average molecular weight is 761 g/mol. The number of hydrogen-bond donors (Lipinski definition) is 6. The van der Waals surface area contributed by atoms with E-state index in [-0.39, 0.29) is 51.5 Å². The van der Waals surface area contributed by atoms with Gasteiger partial charge < -0.3 is 77.2 Å². The second-order valence-electron chi connectivity index (χ2n) is 13.5. The molecule has 0 aromatic heterocycles. The van der Waals surface area contributed by atoms with E-state index in [0.29, 0.717) is 13.4 Å². The van der Waals surface area contributed by atoms with Gasteiger partial charge in [0.1, 0.15) is 63.7 Å². The zero-order valence-corrected chi connectivity index (χ0v) is 32.2. The van der Waals surface area contributed by atoms with Crippen LogP contribution < -0.4 is 40.6 Å². The van der Waals surface area contributed by atoms with Gasteiger partial charge >= 0.3 is 0 Å². The minimum atomic E-state index is -1.16. The number of aromatic hydroxyl groups is 6. The number of nitrogens with zero attached hydrogens (tertiary/aromatic N) is 5. The van der Waals surface area contributed by atoms with Crippen molar-refractivity contribution in [1.29, 1.82) is 0 Å². The van der Waals surface area contributed by atoms with Gasteiger partial charge in [0.15, 0.2) is 0 Å². The van der Waals surface area contributed by atoms with Crippen LogP contribution in [-0.4, -0.2) is 144 Å². The highest BCUT2D eigenvalue weighted by molar-refractivity contribution is 5.61. The third kappa shape index (κ3) is 22.5. The monoisotopic (exact) mass is 759 g/mol. The summed E-state index contributed by atoms with van der Waals surface area (Å²) in [5.74, 6) is 0.573. The molecule has 0 spiro atoms. The van der Waals surface area contributed by atoms with Gasteiger partial charge in [-0.2, -0.15) is 0 Å². The largest absolute Gasteiger partial charge is 1.00 e. The van der Waals surface area contributed by atoms with Crippen molar-refractivity contribution in [2.24, 2.45) is 0 Å². The lowest BCUT2D eigenvalue weighted by atomic mass is 10.2. The second kappa shape index (κ2) is 20.7. The van der Waals surface area contributed by atoms with Crippen molar-refractivity contribution in [2.45, 2.75) is 0 Å². The van der Waals surface area contributed by atoms with E-state index in [1.165, 1.54) is 46.4 Å². The van der Waals surface area contributed by atoms with Gasteiger partial charge in [-0.1, -0.05) is 0 Å². The third-order valence-corrected chi connectivity index (χ3v) is 5.72. The molecule has 0 atom stereocenters. The SMILES string of the molecule is CN(C)C(=O)[O-].CN(C)C(=O)[O-].C[N+](C)(C)c1cc(O)cc(O)c1.C[N+](C)(C)c1cc(O)cc(O)c1.C[N+](C)(C)c1cc(O)cc(O)c1.[Br-]. The maximum atomic E-state index is 9.51. The quantitative estimate of drug-likeness (QED) is 0.174. The first-order valence-electron chi connectivity index (χ1n) is 14.3. The van der Waals surface area contributed by atoms with Gasteiger partial charge in [-0.05, 0) is 0 Å². The first kappa shape index (κ1) is 48.8. The van der Waals surface area contributed by atoms with Crippen LogP contribution in [0.3, 0.4) is 0 Å². The smallest absolute Gasteiger partial charge is 0.139 e. The second-order valence-corrected chi connectivity index (χ2v) is 13.5. The molecule has 16 heteroatoms. The van der Waals surface area contributed by atoms with Crippen molar-refractivity contribution in [3.05, 3.63) is 54.6 Å². The number of phenolic OH excluding ortho intramolecular Hbond substituents is 6. The Morgan fingerprint density at radius 1 is 0.429 bits per heavy atom. The molecule has 0 aliphatic carbocycles. The van der Waals surface area contributed by atoms with Crippen LogP contribution in [0.25, 0.3) is 0 Å². The summed E-state index contributed by atoms with van der Waals surface area (Å²) >= 11 is 0. The minimum Gasteiger partial charge on any atom is -1.00 e. The number of hydrogen-bond acceptors (Lipinski definition) is 10. The Bertz CT molecular complexity index is 1240. The van der Waals surface area contributed by atoms with E-state index < -0.39 is 12.2 Å². The molecule has 0 radical (unpaired) electrons. The summed E-state index contributed by atoms with van der Waals surface area (Å²) in [6.07, 6.45) is -2.31. The van der Waals surface area contributed by atoms with Crippen molar-refractivity contribution in [3.8, 4) is 34.5 Å². The summed E-state index contributed by atoms with van der Waals surface area (Å²) in [7, 11) is 23.3. The van der Waals surface area contributed by atoms with Gasteiger partial charge in [0, 0.05) is 82.8 Å². The Morgan fingerprint density at radius 3 is 0.633 bits per heavy atom. The zero-order chi connectivity index (χ0) is 38.4. The van der Waals surface area contributed by atoms with Crippen LogP contribution in [0.5, 0.6) is 34.5 Å². The number of benzene rings is 3. The van der Waals surface area contributed by atoms with Crippen LogP contribution >= 0.6 is 0 Å². The summed E-state index contributed by atoms with van der Waals surface area (Å²) in [5, 5.41) is 74.2. The molecule has 15 nitrogen and oxygen atoms in total. The van der Waals surface area contributed by atoms with Gasteiger partial charge in [-0.3, -0.25) is 13.4 Å². The zero-order valence-electron chi connectivity index (χ0n) is 30.6. The van der Waals surface area contributed by atoms with Crippen molar-refractivity contribution < 1.29 is 67.4 Å². The molecular formula is C33H54BrN5O10. The fourth-order valence-corrected chi connectivity index (χ4v) is 2.90. The maximum absolute atomic E-state index is 9.51. The Balaban J connectivity index is -0.000000555. The summed E-state index contributed by atoms with van der Waals surface area (Å²) < 4.78 is 1.71. The van der Waals surface area contributed by atoms with Gasteiger partial charge in [0.2, 0.25) is 0 Å². The number of rotatable bonds is 3. The van der Waals surface area contributed by atoms with E-state index in [1.807, 2.05) is 63.4 Å². The molecule has 3 aromatic carbocycles. The average Bonchev–Trinajstić information content (AvgIpc) is 2.87. The molecule has 0 unspecified atom stereocenters. The van der Waals surface area contributed by atoms with Gasteiger partial charge in [0.05, 0.1) is 63.4 Å². The molecule has 278 valence electrons.